The van der Waals surface area contributed by atoms with Gasteiger partial charge in [-0.3, -0.25) is 4.79 Å². The van der Waals surface area contributed by atoms with Crippen molar-refractivity contribution in [3.05, 3.63) is 48.0 Å². The number of aryl methyl sites for hydroxylation is 1. The van der Waals surface area contributed by atoms with Gasteiger partial charge in [-0.2, -0.15) is 0 Å². The van der Waals surface area contributed by atoms with E-state index in [1.165, 1.54) is 38.0 Å². The number of rotatable bonds is 11. The molecule has 0 aromatic heterocycles. The molecular formula is C20H26N2O5S2. The summed E-state index contributed by atoms with van der Waals surface area (Å²) in [6, 6.07) is 12.5. The second-order valence-electron chi connectivity index (χ2n) is 6.18. The Bertz CT molecular complexity index is 915. The summed E-state index contributed by atoms with van der Waals surface area (Å²) in [5, 5.41) is 2.79. The van der Waals surface area contributed by atoms with Crippen LogP contribution in [0.3, 0.4) is 0 Å². The summed E-state index contributed by atoms with van der Waals surface area (Å²) in [4.78, 5) is 13.1. The molecular weight excluding hydrogens is 412 g/mol. The van der Waals surface area contributed by atoms with Crippen LogP contribution in [-0.4, -0.2) is 47.4 Å². The van der Waals surface area contributed by atoms with Gasteiger partial charge in [-0.15, -0.1) is 11.8 Å². The summed E-state index contributed by atoms with van der Waals surface area (Å²) in [5.74, 6) is 1.30. The maximum absolute atomic E-state index is 12.4. The molecule has 0 heterocycles. The Labute approximate surface area is 176 Å². The molecule has 9 heteroatoms. The average molecular weight is 439 g/mol. The fourth-order valence-corrected chi connectivity index (χ4v) is 4.26. The van der Waals surface area contributed by atoms with Gasteiger partial charge in [-0.25, -0.2) is 13.1 Å². The lowest BCUT2D eigenvalue weighted by atomic mass is 10.2. The SMILES string of the molecule is COc1ccc(S(=O)(=O)NCCC(=O)NCCSc2ccc(C)cc2)cc1OC. The van der Waals surface area contributed by atoms with Crippen LogP contribution in [0.5, 0.6) is 11.5 Å². The van der Waals surface area contributed by atoms with Crippen molar-refractivity contribution in [2.75, 3.05) is 33.1 Å². The van der Waals surface area contributed by atoms with Crippen LogP contribution < -0.4 is 19.5 Å². The minimum Gasteiger partial charge on any atom is -0.493 e. The first-order chi connectivity index (χ1) is 13.9. The summed E-state index contributed by atoms with van der Waals surface area (Å²) in [6.45, 7) is 2.56. The van der Waals surface area contributed by atoms with E-state index in [0.29, 0.717) is 18.0 Å². The Balaban J connectivity index is 1.73. The van der Waals surface area contributed by atoms with E-state index in [9.17, 15) is 13.2 Å². The number of thioether (sulfide) groups is 1. The van der Waals surface area contributed by atoms with Crippen molar-refractivity contribution in [3.8, 4) is 11.5 Å². The maximum atomic E-state index is 12.4. The monoisotopic (exact) mass is 438 g/mol. The minimum absolute atomic E-state index is 0.00756. The molecule has 0 aliphatic heterocycles. The van der Waals surface area contributed by atoms with Crippen LogP contribution >= 0.6 is 11.8 Å². The Morgan fingerprint density at radius 2 is 1.69 bits per heavy atom. The van der Waals surface area contributed by atoms with Gasteiger partial charge in [0.15, 0.2) is 11.5 Å². The first kappa shape index (κ1) is 23.1. The van der Waals surface area contributed by atoms with E-state index in [0.717, 1.165) is 10.6 Å². The summed E-state index contributed by atoms with van der Waals surface area (Å²) in [7, 11) is -0.840. The molecule has 29 heavy (non-hydrogen) atoms. The number of methoxy groups -OCH3 is 2. The van der Waals surface area contributed by atoms with Crippen LogP contribution in [0.25, 0.3) is 0 Å². The van der Waals surface area contributed by atoms with Crippen LogP contribution in [0.2, 0.25) is 0 Å². The molecule has 0 fully saturated rings. The van der Waals surface area contributed by atoms with Gasteiger partial charge in [0.2, 0.25) is 15.9 Å². The number of sulfonamides is 1. The summed E-state index contributed by atoms with van der Waals surface area (Å²) in [5.41, 5.74) is 1.21. The van der Waals surface area contributed by atoms with E-state index >= 15 is 0 Å². The topological polar surface area (TPSA) is 93.7 Å². The molecule has 0 spiro atoms. The summed E-state index contributed by atoms with van der Waals surface area (Å²) in [6.07, 6.45) is 0.0573. The number of hydrogen-bond acceptors (Lipinski definition) is 6. The van der Waals surface area contributed by atoms with Gasteiger partial charge >= 0.3 is 0 Å². The highest BCUT2D eigenvalue weighted by atomic mass is 32.2. The molecule has 0 radical (unpaired) electrons. The van der Waals surface area contributed by atoms with Crippen LogP contribution in [0.4, 0.5) is 0 Å². The summed E-state index contributed by atoms with van der Waals surface area (Å²) < 4.78 is 37.4. The maximum Gasteiger partial charge on any atom is 0.240 e. The largest absolute Gasteiger partial charge is 0.493 e. The molecule has 0 saturated heterocycles. The van der Waals surface area contributed by atoms with E-state index in [1.54, 1.807) is 11.8 Å². The molecule has 0 saturated carbocycles. The van der Waals surface area contributed by atoms with E-state index in [2.05, 4.69) is 10.0 Å². The van der Waals surface area contributed by atoms with Crippen LogP contribution in [0.15, 0.2) is 52.3 Å². The Morgan fingerprint density at radius 1 is 1.00 bits per heavy atom. The van der Waals surface area contributed by atoms with Gasteiger partial charge in [0.25, 0.3) is 0 Å². The van der Waals surface area contributed by atoms with Crippen molar-refractivity contribution in [3.63, 3.8) is 0 Å². The lowest BCUT2D eigenvalue weighted by molar-refractivity contribution is -0.120. The van der Waals surface area contributed by atoms with Crippen molar-refractivity contribution in [1.29, 1.82) is 0 Å². The second-order valence-corrected chi connectivity index (χ2v) is 9.11. The Kier molecular flexibility index (Phi) is 8.81. The molecule has 0 bridgehead atoms. The van der Waals surface area contributed by atoms with Gasteiger partial charge < -0.3 is 14.8 Å². The molecule has 2 aromatic carbocycles. The molecule has 0 unspecified atom stereocenters. The van der Waals surface area contributed by atoms with E-state index in [-0.39, 0.29) is 23.8 Å². The number of ether oxygens (including phenoxy) is 2. The summed E-state index contributed by atoms with van der Waals surface area (Å²) >= 11 is 1.65. The van der Waals surface area contributed by atoms with Gasteiger partial charge in [-0.05, 0) is 31.2 Å². The van der Waals surface area contributed by atoms with Crippen LogP contribution in [-0.2, 0) is 14.8 Å². The van der Waals surface area contributed by atoms with Crippen molar-refractivity contribution in [2.24, 2.45) is 0 Å². The molecule has 0 aliphatic carbocycles. The predicted molar refractivity (Wildman–Crippen MR) is 114 cm³/mol. The molecule has 2 N–H and O–H groups in total. The highest BCUT2D eigenvalue weighted by Gasteiger charge is 2.17. The van der Waals surface area contributed by atoms with Gasteiger partial charge in [0.1, 0.15) is 0 Å². The molecule has 158 valence electrons. The number of carbonyl (C=O) groups excluding carboxylic acids is 1. The van der Waals surface area contributed by atoms with E-state index in [4.69, 9.17) is 9.47 Å². The lowest BCUT2D eigenvalue weighted by Gasteiger charge is -2.11. The number of nitrogens with one attached hydrogen (secondary N) is 2. The Morgan fingerprint density at radius 3 is 2.34 bits per heavy atom. The first-order valence-corrected chi connectivity index (χ1v) is 11.5. The van der Waals surface area contributed by atoms with E-state index in [1.807, 2.05) is 31.2 Å². The quantitative estimate of drug-likeness (QED) is 0.414. The molecule has 0 atom stereocenters. The zero-order chi connectivity index (χ0) is 21.3. The zero-order valence-electron chi connectivity index (χ0n) is 16.7. The minimum atomic E-state index is -3.75. The third-order valence-corrected chi connectivity index (χ3v) is 6.50. The third kappa shape index (κ3) is 7.26. The number of benzene rings is 2. The molecule has 2 aromatic rings. The average Bonchev–Trinajstić information content (AvgIpc) is 2.71. The molecule has 1 amide bonds. The standard InChI is InChI=1S/C20H26N2O5S2/c1-15-4-6-16(7-5-15)28-13-12-21-20(23)10-11-22-29(24,25)17-8-9-18(26-2)19(14-17)27-3/h4-9,14,22H,10-13H2,1-3H3,(H,21,23). The smallest absolute Gasteiger partial charge is 0.240 e. The van der Waals surface area contributed by atoms with Crippen molar-refractivity contribution in [1.82, 2.24) is 10.0 Å². The van der Waals surface area contributed by atoms with Crippen molar-refractivity contribution < 1.29 is 22.7 Å². The Hall–Kier alpha value is -2.23. The predicted octanol–water partition coefficient (Wildman–Crippen LogP) is 2.59. The van der Waals surface area contributed by atoms with Gasteiger partial charge in [-0.1, -0.05) is 17.7 Å². The third-order valence-electron chi connectivity index (χ3n) is 4.02. The number of amides is 1. The fourth-order valence-electron chi connectivity index (χ4n) is 2.45. The van der Waals surface area contributed by atoms with E-state index < -0.39 is 10.0 Å². The number of carbonyl (C=O) groups is 1. The fraction of sp³-hybridized carbons (Fsp3) is 0.350. The lowest BCUT2D eigenvalue weighted by Crippen LogP contribution is -2.31. The molecule has 2 rings (SSSR count). The second kappa shape index (κ2) is 11.1. The normalized spacial score (nSPS) is 11.1. The highest BCUT2D eigenvalue weighted by Crippen LogP contribution is 2.29. The van der Waals surface area contributed by atoms with Crippen molar-refractivity contribution >= 4 is 27.7 Å². The van der Waals surface area contributed by atoms with Crippen molar-refractivity contribution in [2.45, 2.75) is 23.1 Å². The molecule has 0 aliphatic rings. The zero-order valence-corrected chi connectivity index (χ0v) is 18.4. The number of hydrogen-bond donors (Lipinski definition) is 2. The van der Waals surface area contributed by atoms with Crippen LogP contribution in [0, 0.1) is 6.92 Å². The highest BCUT2D eigenvalue weighted by molar-refractivity contribution is 7.99. The van der Waals surface area contributed by atoms with Gasteiger partial charge in [0, 0.05) is 36.2 Å². The first-order valence-electron chi connectivity index (χ1n) is 9.03. The molecule has 7 nitrogen and oxygen atoms in total. The van der Waals surface area contributed by atoms with Gasteiger partial charge in [0.05, 0.1) is 19.1 Å². The van der Waals surface area contributed by atoms with Crippen LogP contribution in [0.1, 0.15) is 12.0 Å².